The van der Waals surface area contributed by atoms with Crippen LogP contribution >= 0.6 is 0 Å². The lowest BCUT2D eigenvalue weighted by molar-refractivity contribution is -0.141. The second kappa shape index (κ2) is 11.6. The van der Waals surface area contributed by atoms with Crippen LogP contribution in [0.4, 0.5) is 0 Å². The minimum Gasteiger partial charge on any atom is -0.490 e. The number of rotatable bonds is 11. The number of ketones is 1. The van der Waals surface area contributed by atoms with Crippen molar-refractivity contribution in [1.29, 1.82) is 0 Å². The fraction of sp³-hybridized carbons (Fsp3) is 0.231. The Balaban J connectivity index is 1.89. The molecule has 32 heavy (non-hydrogen) atoms. The van der Waals surface area contributed by atoms with E-state index in [-0.39, 0.29) is 37.6 Å². The first kappa shape index (κ1) is 22.9. The van der Waals surface area contributed by atoms with Crippen LogP contribution in [0.1, 0.15) is 34.8 Å². The van der Waals surface area contributed by atoms with Crippen molar-refractivity contribution in [1.82, 2.24) is 0 Å². The largest absolute Gasteiger partial charge is 0.490 e. The van der Waals surface area contributed by atoms with E-state index in [1.165, 1.54) is 7.11 Å². The van der Waals surface area contributed by atoms with Gasteiger partial charge in [-0.3, -0.25) is 9.59 Å². The normalized spacial score (nSPS) is 10.3. The number of esters is 1. The number of benzene rings is 3. The Morgan fingerprint density at radius 2 is 1.28 bits per heavy atom. The quantitative estimate of drug-likeness (QED) is 0.241. The molecule has 0 aromatic heterocycles. The van der Waals surface area contributed by atoms with Gasteiger partial charge in [0.15, 0.2) is 17.3 Å². The summed E-state index contributed by atoms with van der Waals surface area (Å²) in [6.07, 6.45) is -0.365. The second-order valence-electron chi connectivity index (χ2n) is 6.96. The number of carbonyl (C=O) groups excluding carboxylic acids is 2. The average molecular weight is 434 g/mol. The zero-order chi connectivity index (χ0) is 22.8. The van der Waals surface area contributed by atoms with Crippen molar-refractivity contribution in [3.63, 3.8) is 0 Å². The van der Waals surface area contributed by atoms with Crippen molar-refractivity contribution >= 4 is 11.8 Å². The zero-order valence-electron chi connectivity index (χ0n) is 18.2. The highest BCUT2D eigenvalue weighted by Crippen LogP contribution is 2.40. The highest BCUT2D eigenvalue weighted by atomic mass is 16.5. The van der Waals surface area contributed by atoms with E-state index in [0.717, 1.165) is 11.1 Å². The lowest BCUT2D eigenvalue weighted by Gasteiger charge is -2.17. The molecule has 3 rings (SSSR count). The summed E-state index contributed by atoms with van der Waals surface area (Å²) in [7, 11) is 1.51. The van der Waals surface area contributed by atoms with Crippen molar-refractivity contribution in [2.24, 2.45) is 0 Å². The van der Waals surface area contributed by atoms with Crippen molar-refractivity contribution in [3.8, 4) is 17.2 Å². The predicted octanol–water partition coefficient (Wildman–Crippen LogP) is 4.99. The van der Waals surface area contributed by atoms with Gasteiger partial charge in [-0.05, 0) is 30.2 Å². The van der Waals surface area contributed by atoms with Gasteiger partial charge >= 0.3 is 5.97 Å². The fourth-order valence-corrected chi connectivity index (χ4v) is 3.07. The van der Waals surface area contributed by atoms with Crippen LogP contribution in [-0.4, -0.2) is 25.5 Å². The highest BCUT2D eigenvalue weighted by molar-refractivity contribution is 6.06. The Bertz CT molecular complexity index is 966. The van der Waals surface area contributed by atoms with Crippen molar-refractivity contribution in [2.75, 3.05) is 13.7 Å². The van der Waals surface area contributed by atoms with E-state index in [9.17, 15) is 9.59 Å². The molecule has 6 heteroatoms. The molecule has 0 spiro atoms. The first-order valence-corrected chi connectivity index (χ1v) is 10.3. The SMILES string of the molecule is CCOC(=O)CC(=O)c1cc(OCc2ccccc2)c(OC)c(OCc2ccccc2)c1. The maximum Gasteiger partial charge on any atom is 0.313 e. The highest BCUT2D eigenvalue weighted by Gasteiger charge is 2.20. The smallest absolute Gasteiger partial charge is 0.313 e. The molecule has 0 bridgehead atoms. The second-order valence-corrected chi connectivity index (χ2v) is 6.96. The van der Waals surface area contributed by atoms with Gasteiger partial charge < -0.3 is 18.9 Å². The third-order valence-electron chi connectivity index (χ3n) is 4.63. The lowest BCUT2D eigenvalue weighted by atomic mass is 10.1. The first-order valence-electron chi connectivity index (χ1n) is 10.3. The summed E-state index contributed by atoms with van der Waals surface area (Å²) < 4.78 is 22.4. The molecule has 0 radical (unpaired) electrons. The zero-order valence-corrected chi connectivity index (χ0v) is 18.2. The topological polar surface area (TPSA) is 71.1 Å². The Morgan fingerprint density at radius 3 is 1.72 bits per heavy atom. The minimum atomic E-state index is -0.577. The van der Waals surface area contributed by atoms with Gasteiger partial charge in [-0.15, -0.1) is 0 Å². The minimum absolute atomic E-state index is 0.214. The number of carbonyl (C=O) groups is 2. The molecule has 0 heterocycles. The van der Waals surface area contributed by atoms with E-state index < -0.39 is 5.97 Å². The van der Waals surface area contributed by atoms with Crippen LogP contribution in [0.2, 0.25) is 0 Å². The van der Waals surface area contributed by atoms with Crippen LogP contribution in [0.3, 0.4) is 0 Å². The summed E-state index contributed by atoms with van der Waals surface area (Å²) in [5.74, 6) is 0.125. The van der Waals surface area contributed by atoms with Gasteiger partial charge in [0.1, 0.15) is 19.6 Å². The third-order valence-corrected chi connectivity index (χ3v) is 4.63. The molecule has 3 aromatic carbocycles. The van der Waals surface area contributed by atoms with Gasteiger partial charge in [-0.25, -0.2) is 0 Å². The standard InChI is InChI=1S/C26H26O6/c1-3-30-25(28)16-22(27)21-14-23(31-17-19-10-6-4-7-11-19)26(29-2)24(15-21)32-18-20-12-8-5-9-13-20/h4-15H,3,16-18H2,1-2H3. The van der Waals surface area contributed by atoms with Gasteiger partial charge in [-0.1, -0.05) is 60.7 Å². The van der Waals surface area contributed by atoms with E-state index in [4.69, 9.17) is 18.9 Å². The molecule has 0 unspecified atom stereocenters. The first-order chi connectivity index (χ1) is 15.6. The van der Waals surface area contributed by atoms with Crippen molar-refractivity contribution in [3.05, 3.63) is 89.5 Å². The van der Waals surface area contributed by atoms with Crippen LogP contribution in [0.25, 0.3) is 0 Å². The summed E-state index contributed by atoms with van der Waals surface area (Å²) in [5.41, 5.74) is 2.21. The maximum absolute atomic E-state index is 12.7. The van der Waals surface area contributed by atoms with Crippen LogP contribution < -0.4 is 14.2 Å². The van der Waals surface area contributed by atoms with E-state index >= 15 is 0 Å². The molecule has 6 nitrogen and oxygen atoms in total. The molecule has 0 fully saturated rings. The summed E-state index contributed by atoms with van der Waals surface area (Å²) in [6, 6.07) is 22.4. The number of Topliss-reactive ketones (excluding diaryl/α,β-unsaturated/α-hetero) is 1. The molecule has 0 aliphatic heterocycles. The van der Waals surface area contributed by atoms with E-state index in [2.05, 4.69) is 0 Å². The molecule has 0 N–H and O–H groups in total. The summed E-state index contributed by atoms with van der Waals surface area (Å²) in [6.45, 7) is 2.47. The van der Waals surface area contributed by atoms with Crippen LogP contribution in [0.5, 0.6) is 17.2 Å². The number of hydrogen-bond donors (Lipinski definition) is 0. The average Bonchev–Trinajstić information content (AvgIpc) is 2.82. The Morgan fingerprint density at radius 1 is 0.781 bits per heavy atom. The van der Waals surface area contributed by atoms with Gasteiger partial charge in [0.05, 0.1) is 13.7 Å². The van der Waals surface area contributed by atoms with Crippen LogP contribution in [0, 0.1) is 0 Å². The van der Waals surface area contributed by atoms with Crippen molar-refractivity contribution < 1.29 is 28.5 Å². The summed E-state index contributed by atoms with van der Waals surface area (Å²) in [5, 5.41) is 0. The van der Waals surface area contributed by atoms with Gasteiger partial charge in [0.2, 0.25) is 5.75 Å². The van der Waals surface area contributed by atoms with Gasteiger partial charge in [0, 0.05) is 5.56 Å². The van der Waals surface area contributed by atoms with E-state index in [1.807, 2.05) is 60.7 Å². The van der Waals surface area contributed by atoms with E-state index in [1.54, 1.807) is 19.1 Å². The number of ether oxygens (including phenoxy) is 4. The molecule has 0 aliphatic rings. The Kier molecular flexibility index (Phi) is 8.26. The van der Waals surface area contributed by atoms with Gasteiger partial charge in [0.25, 0.3) is 0 Å². The maximum atomic E-state index is 12.7. The molecule has 0 saturated heterocycles. The summed E-state index contributed by atoms with van der Waals surface area (Å²) in [4.78, 5) is 24.5. The summed E-state index contributed by atoms with van der Waals surface area (Å²) >= 11 is 0. The molecular formula is C26H26O6. The Hall–Kier alpha value is -3.80. The Labute approximate surface area is 187 Å². The molecule has 0 aliphatic carbocycles. The van der Waals surface area contributed by atoms with Crippen molar-refractivity contribution in [2.45, 2.75) is 26.6 Å². The molecule has 3 aromatic rings. The fourth-order valence-electron chi connectivity index (χ4n) is 3.07. The molecule has 0 saturated carbocycles. The number of methoxy groups -OCH3 is 1. The van der Waals surface area contributed by atoms with Crippen LogP contribution in [0.15, 0.2) is 72.8 Å². The molecule has 0 atom stereocenters. The lowest BCUT2D eigenvalue weighted by Crippen LogP contribution is -2.12. The molecule has 166 valence electrons. The molecule has 0 amide bonds. The third kappa shape index (κ3) is 6.35. The number of hydrogen-bond acceptors (Lipinski definition) is 6. The monoisotopic (exact) mass is 434 g/mol. The van der Waals surface area contributed by atoms with Crippen LogP contribution in [-0.2, 0) is 22.7 Å². The molecular weight excluding hydrogens is 408 g/mol. The predicted molar refractivity (Wildman–Crippen MR) is 120 cm³/mol. The van der Waals surface area contributed by atoms with E-state index in [0.29, 0.717) is 17.2 Å². The van der Waals surface area contributed by atoms with Gasteiger partial charge in [-0.2, -0.15) is 0 Å².